The minimum Gasteiger partial charge on any atom is -0.368 e. The number of benzene rings is 1. The van der Waals surface area contributed by atoms with Gasteiger partial charge in [-0.25, -0.2) is 0 Å². The van der Waals surface area contributed by atoms with Gasteiger partial charge in [-0.3, -0.25) is 9.59 Å². The highest BCUT2D eigenvalue weighted by Gasteiger charge is 2.33. The molecule has 0 spiro atoms. The van der Waals surface area contributed by atoms with Crippen LogP contribution in [0.1, 0.15) is 37.8 Å². The molecule has 1 aliphatic heterocycles. The maximum Gasteiger partial charge on any atom is 0.251 e. The van der Waals surface area contributed by atoms with Crippen LogP contribution in [0, 0.1) is 5.92 Å². The summed E-state index contributed by atoms with van der Waals surface area (Å²) >= 11 is 0. The van der Waals surface area contributed by atoms with Gasteiger partial charge in [0.15, 0.2) is 0 Å². The van der Waals surface area contributed by atoms with Crippen molar-refractivity contribution in [3.05, 3.63) is 35.9 Å². The van der Waals surface area contributed by atoms with Crippen molar-refractivity contribution in [1.82, 2.24) is 10.2 Å². The van der Waals surface area contributed by atoms with E-state index in [2.05, 4.69) is 5.32 Å². The van der Waals surface area contributed by atoms with E-state index in [1.54, 1.807) is 4.90 Å². The maximum absolute atomic E-state index is 12.8. The molecule has 23 heavy (non-hydrogen) atoms. The summed E-state index contributed by atoms with van der Waals surface area (Å²) in [5.74, 6) is 0.583. The third-order valence-electron chi connectivity index (χ3n) is 4.52. The molecule has 0 unspecified atom stereocenters. The molecule has 5 heteroatoms. The van der Waals surface area contributed by atoms with E-state index < -0.39 is 6.10 Å². The Balaban J connectivity index is 1.74. The predicted molar refractivity (Wildman–Crippen MR) is 86.7 cm³/mol. The summed E-state index contributed by atoms with van der Waals surface area (Å²) in [4.78, 5) is 26.6. The predicted octanol–water partition coefficient (Wildman–Crippen LogP) is 1.89. The van der Waals surface area contributed by atoms with E-state index in [4.69, 9.17) is 4.74 Å². The lowest BCUT2D eigenvalue weighted by molar-refractivity contribution is -0.145. The molecule has 124 valence electrons. The number of hydrogen-bond acceptors (Lipinski definition) is 3. The molecule has 2 atom stereocenters. The average Bonchev–Trinajstić information content (AvgIpc) is 3.40. The van der Waals surface area contributed by atoms with Gasteiger partial charge >= 0.3 is 0 Å². The molecule has 0 bridgehead atoms. The fraction of sp³-hybridized carbons (Fsp3) is 0.556. The third kappa shape index (κ3) is 4.10. The van der Waals surface area contributed by atoms with Crippen LogP contribution in [0.5, 0.6) is 0 Å². The summed E-state index contributed by atoms with van der Waals surface area (Å²) in [6.45, 7) is 3.48. The van der Waals surface area contributed by atoms with Gasteiger partial charge in [-0.1, -0.05) is 30.3 Å². The van der Waals surface area contributed by atoms with Crippen LogP contribution in [0.2, 0.25) is 0 Å². The molecule has 5 nitrogen and oxygen atoms in total. The monoisotopic (exact) mass is 316 g/mol. The number of rotatable bonds is 5. The lowest BCUT2D eigenvalue weighted by Gasteiger charge is -2.31. The van der Waals surface area contributed by atoms with Gasteiger partial charge in [-0.2, -0.15) is 0 Å². The Morgan fingerprint density at radius 1 is 1.35 bits per heavy atom. The van der Waals surface area contributed by atoms with Crippen LogP contribution in [0.4, 0.5) is 0 Å². The van der Waals surface area contributed by atoms with Gasteiger partial charge in [0.2, 0.25) is 5.91 Å². The van der Waals surface area contributed by atoms with E-state index in [-0.39, 0.29) is 17.9 Å². The normalized spacial score (nSPS) is 23.1. The molecular formula is C18H24N2O3. The van der Waals surface area contributed by atoms with E-state index in [0.29, 0.717) is 32.0 Å². The van der Waals surface area contributed by atoms with Gasteiger partial charge in [-0.15, -0.1) is 0 Å². The van der Waals surface area contributed by atoms with Crippen LogP contribution in [-0.2, 0) is 14.3 Å². The Kier molecular flexibility index (Phi) is 4.96. The van der Waals surface area contributed by atoms with Crippen molar-refractivity contribution in [1.29, 1.82) is 0 Å². The van der Waals surface area contributed by atoms with Crippen LogP contribution in [-0.4, -0.2) is 42.5 Å². The van der Waals surface area contributed by atoms with Crippen molar-refractivity contribution in [2.24, 2.45) is 5.92 Å². The van der Waals surface area contributed by atoms with Gasteiger partial charge in [0.25, 0.3) is 5.91 Å². The highest BCUT2D eigenvalue weighted by atomic mass is 16.5. The molecule has 1 aromatic carbocycles. The van der Waals surface area contributed by atoms with E-state index >= 15 is 0 Å². The van der Waals surface area contributed by atoms with E-state index in [0.717, 1.165) is 5.56 Å². The summed E-state index contributed by atoms with van der Waals surface area (Å²) in [5.41, 5.74) is 0.993. The van der Waals surface area contributed by atoms with Crippen molar-refractivity contribution >= 4 is 11.8 Å². The Bertz CT molecular complexity index is 557. The molecule has 2 fully saturated rings. The number of hydrogen-bond donors (Lipinski definition) is 1. The summed E-state index contributed by atoms with van der Waals surface area (Å²) in [6, 6.07) is 9.53. The number of nitrogens with one attached hydrogen (secondary N) is 1. The minimum absolute atomic E-state index is 0.0132. The second-order valence-electron chi connectivity index (χ2n) is 6.43. The van der Waals surface area contributed by atoms with Gasteiger partial charge in [-0.05, 0) is 31.2 Å². The Hall–Kier alpha value is -1.88. The average molecular weight is 316 g/mol. The lowest BCUT2D eigenvalue weighted by atomic mass is 10.0. The SMILES string of the molecule is C[C@@H](OCC1CC1)C(=O)N1CCNC(=O)C[C@@H]1c1ccccc1. The molecule has 0 aromatic heterocycles. The lowest BCUT2D eigenvalue weighted by Crippen LogP contribution is -2.42. The molecule has 1 heterocycles. The quantitative estimate of drug-likeness (QED) is 0.902. The van der Waals surface area contributed by atoms with E-state index in [1.807, 2.05) is 37.3 Å². The molecule has 1 saturated carbocycles. The highest BCUT2D eigenvalue weighted by molar-refractivity contribution is 5.83. The fourth-order valence-corrected chi connectivity index (χ4v) is 2.94. The first kappa shape index (κ1) is 16.0. The van der Waals surface area contributed by atoms with Gasteiger partial charge in [0.05, 0.1) is 19.1 Å². The van der Waals surface area contributed by atoms with E-state index in [9.17, 15) is 9.59 Å². The Labute approximate surface area is 137 Å². The molecular weight excluding hydrogens is 292 g/mol. The second-order valence-corrected chi connectivity index (χ2v) is 6.43. The van der Waals surface area contributed by atoms with Crippen molar-refractivity contribution < 1.29 is 14.3 Å². The van der Waals surface area contributed by atoms with Gasteiger partial charge < -0.3 is 15.0 Å². The highest BCUT2D eigenvalue weighted by Crippen LogP contribution is 2.30. The number of carbonyl (C=O) groups excluding carboxylic acids is 2. The molecule has 1 saturated heterocycles. The zero-order chi connectivity index (χ0) is 16.2. The summed E-state index contributed by atoms with van der Waals surface area (Å²) in [6.07, 6.45) is 2.24. The first-order valence-electron chi connectivity index (χ1n) is 8.39. The van der Waals surface area contributed by atoms with Gasteiger partial charge in [0.1, 0.15) is 6.10 Å². The molecule has 1 N–H and O–H groups in total. The molecule has 0 radical (unpaired) electrons. The first-order chi connectivity index (χ1) is 11.1. The first-order valence-corrected chi connectivity index (χ1v) is 8.39. The van der Waals surface area contributed by atoms with Crippen LogP contribution in [0.15, 0.2) is 30.3 Å². The topological polar surface area (TPSA) is 58.6 Å². The molecule has 2 aliphatic rings. The standard InChI is InChI=1S/C18H24N2O3/c1-13(23-12-14-7-8-14)18(22)20-10-9-19-17(21)11-16(20)15-5-3-2-4-6-15/h2-6,13-14,16H,7-12H2,1H3,(H,19,21)/t13-,16-/m1/s1. The van der Waals surface area contributed by atoms with Gasteiger partial charge in [0, 0.05) is 13.1 Å². The zero-order valence-corrected chi connectivity index (χ0v) is 13.5. The molecule has 1 aliphatic carbocycles. The molecule has 3 rings (SSSR count). The summed E-state index contributed by atoms with van der Waals surface area (Å²) in [5, 5.41) is 2.85. The van der Waals surface area contributed by atoms with Crippen molar-refractivity contribution in [3.8, 4) is 0 Å². The van der Waals surface area contributed by atoms with Crippen LogP contribution in [0.25, 0.3) is 0 Å². The minimum atomic E-state index is -0.463. The van der Waals surface area contributed by atoms with Crippen LogP contribution < -0.4 is 5.32 Å². The maximum atomic E-state index is 12.8. The summed E-state index contributed by atoms with van der Waals surface area (Å²) in [7, 11) is 0. The molecule has 1 aromatic rings. The Morgan fingerprint density at radius 2 is 2.09 bits per heavy atom. The second kappa shape index (κ2) is 7.13. The number of ether oxygens (including phenoxy) is 1. The van der Waals surface area contributed by atoms with Crippen LogP contribution >= 0.6 is 0 Å². The van der Waals surface area contributed by atoms with E-state index in [1.165, 1.54) is 12.8 Å². The zero-order valence-electron chi connectivity index (χ0n) is 13.5. The Morgan fingerprint density at radius 3 is 2.78 bits per heavy atom. The number of amides is 2. The van der Waals surface area contributed by atoms with Crippen molar-refractivity contribution in [2.45, 2.75) is 38.3 Å². The van der Waals surface area contributed by atoms with Crippen molar-refractivity contribution in [2.75, 3.05) is 19.7 Å². The van der Waals surface area contributed by atoms with Crippen molar-refractivity contribution in [3.63, 3.8) is 0 Å². The largest absolute Gasteiger partial charge is 0.368 e. The molecule has 2 amide bonds. The summed E-state index contributed by atoms with van der Waals surface area (Å²) < 4.78 is 5.74. The third-order valence-corrected chi connectivity index (χ3v) is 4.52. The fourth-order valence-electron chi connectivity index (χ4n) is 2.94. The number of nitrogens with zero attached hydrogens (tertiary/aromatic N) is 1. The number of carbonyl (C=O) groups is 2. The van der Waals surface area contributed by atoms with Crippen LogP contribution in [0.3, 0.4) is 0 Å². The smallest absolute Gasteiger partial charge is 0.251 e.